The fourth-order valence-corrected chi connectivity index (χ4v) is 5.00. The summed E-state index contributed by atoms with van der Waals surface area (Å²) in [4.78, 5) is 25.0. The van der Waals surface area contributed by atoms with Gasteiger partial charge in [-0.05, 0) is 48.6 Å². The Balaban J connectivity index is 1.50. The van der Waals surface area contributed by atoms with Crippen molar-refractivity contribution in [3.63, 3.8) is 0 Å². The minimum Gasteiger partial charge on any atom is -0.339 e. The van der Waals surface area contributed by atoms with E-state index in [1.54, 1.807) is 17.5 Å². The normalized spacial score (nSPS) is 19.0. The summed E-state index contributed by atoms with van der Waals surface area (Å²) in [6, 6.07) is 15.9. The molecule has 5 rings (SSSR count). The molecule has 0 N–H and O–H groups in total. The average molecular weight is 431 g/mol. The van der Waals surface area contributed by atoms with Gasteiger partial charge in [0, 0.05) is 35.8 Å². The number of anilines is 1. The Morgan fingerprint density at radius 3 is 2.77 bits per heavy atom. The van der Waals surface area contributed by atoms with Crippen LogP contribution < -0.4 is 4.90 Å². The number of pyridine rings is 1. The predicted molar refractivity (Wildman–Crippen MR) is 119 cm³/mol. The summed E-state index contributed by atoms with van der Waals surface area (Å²) in [6.07, 6.45) is 5.24. The van der Waals surface area contributed by atoms with Crippen LogP contribution in [0, 0.1) is 6.92 Å². The van der Waals surface area contributed by atoms with Crippen LogP contribution in [0.2, 0.25) is 0 Å². The lowest BCUT2D eigenvalue weighted by molar-refractivity contribution is -0.120. The lowest BCUT2D eigenvalue weighted by Gasteiger charge is -2.39. The number of benzene rings is 1. The molecule has 1 aromatic carbocycles. The second-order valence-corrected chi connectivity index (χ2v) is 8.77. The Morgan fingerprint density at radius 1 is 1.16 bits per heavy atom. The molecule has 0 radical (unpaired) electrons. The maximum atomic E-state index is 13.1. The lowest BCUT2D eigenvalue weighted by Crippen LogP contribution is -2.42. The van der Waals surface area contributed by atoms with Gasteiger partial charge in [0.15, 0.2) is 5.82 Å². The first-order valence-corrected chi connectivity index (χ1v) is 11.2. The molecule has 3 aromatic heterocycles. The number of nitrogens with zero attached hydrogens (tertiary/aromatic N) is 4. The predicted octanol–water partition coefficient (Wildman–Crippen LogP) is 5.08. The SMILES string of the molecule is Cc1ccc(N2C(=O)CC[C@H](c3nc(Cc4cccnc4)no3)[C@H]2c2cccs2)cc1. The highest BCUT2D eigenvalue weighted by atomic mass is 32.1. The minimum atomic E-state index is -0.171. The molecule has 7 heteroatoms. The summed E-state index contributed by atoms with van der Waals surface area (Å²) < 4.78 is 5.73. The van der Waals surface area contributed by atoms with Crippen molar-refractivity contribution >= 4 is 22.9 Å². The maximum absolute atomic E-state index is 13.1. The van der Waals surface area contributed by atoms with Crippen LogP contribution in [0.3, 0.4) is 0 Å². The molecule has 4 aromatic rings. The Kier molecular flexibility index (Phi) is 5.34. The number of aryl methyl sites for hydroxylation is 1. The van der Waals surface area contributed by atoms with E-state index in [-0.39, 0.29) is 17.9 Å². The molecule has 2 atom stereocenters. The van der Waals surface area contributed by atoms with Gasteiger partial charge in [0.1, 0.15) is 0 Å². The molecular formula is C24H22N4O2S. The smallest absolute Gasteiger partial charge is 0.232 e. The topological polar surface area (TPSA) is 72.1 Å². The van der Waals surface area contributed by atoms with Gasteiger partial charge in [0.25, 0.3) is 0 Å². The van der Waals surface area contributed by atoms with Gasteiger partial charge >= 0.3 is 0 Å². The molecule has 1 amide bonds. The van der Waals surface area contributed by atoms with Gasteiger partial charge in [0.2, 0.25) is 11.8 Å². The van der Waals surface area contributed by atoms with Gasteiger partial charge in [-0.2, -0.15) is 4.98 Å². The van der Waals surface area contributed by atoms with Crippen LogP contribution in [0.15, 0.2) is 70.8 Å². The van der Waals surface area contributed by atoms with Crippen LogP contribution in [-0.4, -0.2) is 21.0 Å². The summed E-state index contributed by atoms with van der Waals surface area (Å²) in [7, 11) is 0. The Labute approximate surface area is 184 Å². The van der Waals surface area contributed by atoms with Crippen molar-refractivity contribution in [1.29, 1.82) is 0 Å². The Hall–Kier alpha value is -3.32. The van der Waals surface area contributed by atoms with Gasteiger partial charge < -0.3 is 9.42 Å². The van der Waals surface area contributed by atoms with E-state index in [2.05, 4.69) is 16.2 Å². The van der Waals surface area contributed by atoms with Crippen molar-refractivity contribution in [2.24, 2.45) is 0 Å². The molecule has 0 aliphatic carbocycles. The molecule has 1 fully saturated rings. The molecular weight excluding hydrogens is 408 g/mol. The van der Waals surface area contributed by atoms with Gasteiger partial charge in [-0.15, -0.1) is 11.3 Å². The zero-order chi connectivity index (χ0) is 21.2. The van der Waals surface area contributed by atoms with Crippen LogP contribution in [0.5, 0.6) is 0 Å². The highest BCUT2D eigenvalue weighted by molar-refractivity contribution is 7.10. The molecule has 0 spiro atoms. The van der Waals surface area contributed by atoms with Crippen LogP contribution in [-0.2, 0) is 11.2 Å². The van der Waals surface area contributed by atoms with Crippen molar-refractivity contribution in [3.05, 3.63) is 94.0 Å². The van der Waals surface area contributed by atoms with Crippen molar-refractivity contribution < 1.29 is 9.32 Å². The first-order chi connectivity index (χ1) is 15.2. The Morgan fingerprint density at radius 2 is 2.03 bits per heavy atom. The van der Waals surface area contributed by atoms with E-state index in [1.165, 1.54) is 0 Å². The van der Waals surface area contributed by atoms with Gasteiger partial charge in [-0.25, -0.2) is 0 Å². The van der Waals surface area contributed by atoms with E-state index < -0.39 is 0 Å². The number of hydrogen-bond donors (Lipinski definition) is 0. The summed E-state index contributed by atoms with van der Waals surface area (Å²) in [5, 5.41) is 6.26. The summed E-state index contributed by atoms with van der Waals surface area (Å²) in [5.74, 6) is 1.27. The highest BCUT2D eigenvalue weighted by Gasteiger charge is 2.41. The van der Waals surface area contributed by atoms with E-state index in [0.29, 0.717) is 31.0 Å². The molecule has 1 aliphatic heterocycles. The standard InChI is InChI=1S/C24H22N4O2S/c1-16-6-8-18(9-7-16)28-22(29)11-10-19(23(28)20-5-3-13-31-20)24-26-21(27-30-24)14-17-4-2-12-25-15-17/h2-9,12-13,15,19,23H,10-11,14H2,1H3/t19-,23-/m0/s1. The quantitative estimate of drug-likeness (QED) is 0.442. The molecule has 6 nitrogen and oxygen atoms in total. The van der Waals surface area contributed by atoms with E-state index >= 15 is 0 Å². The third-order valence-corrected chi connectivity index (χ3v) is 6.57. The molecule has 1 aliphatic rings. The zero-order valence-corrected chi connectivity index (χ0v) is 18.0. The Bertz CT molecular complexity index is 1160. The molecule has 0 unspecified atom stereocenters. The summed E-state index contributed by atoms with van der Waals surface area (Å²) in [5.41, 5.74) is 3.09. The third-order valence-electron chi connectivity index (χ3n) is 5.63. The van der Waals surface area contributed by atoms with Crippen LogP contribution in [0.4, 0.5) is 5.69 Å². The number of aromatic nitrogens is 3. The number of rotatable bonds is 5. The van der Waals surface area contributed by atoms with Crippen molar-refractivity contribution in [1.82, 2.24) is 15.1 Å². The highest BCUT2D eigenvalue weighted by Crippen LogP contribution is 2.46. The minimum absolute atomic E-state index is 0.0622. The van der Waals surface area contributed by atoms with Gasteiger partial charge in [-0.3, -0.25) is 9.78 Å². The molecule has 1 saturated heterocycles. The molecule has 31 heavy (non-hydrogen) atoms. The number of amides is 1. The molecule has 0 saturated carbocycles. The van der Waals surface area contributed by atoms with Crippen molar-refractivity contribution in [2.45, 2.75) is 38.1 Å². The van der Waals surface area contributed by atoms with Crippen LogP contribution >= 0.6 is 11.3 Å². The zero-order valence-electron chi connectivity index (χ0n) is 17.1. The fraction of sp³-hybridized carbons (Fsp3) is 0.250. The first kappa shape index (κ1) is 19.6. The number of hydrogen-bond acceptors (Lipinski definition) is 6. The average Bonchev–Trinajstić information content (AvgIpc) is 3.47. The van der Waals surface area contributed by atoms with E-state index in [4.69, 9.17) is 9.51 Å². The third kappa shape index (κ3) is 4.01. The second kappa shape index (κ2) is 8.43. The van der Waals surface area contributed by atoms with Gasteiger partial charge in [-0.1, -0.05) is 35.0 Å². The van der Waals surface area contributed by atoms with Crippen molar-refractivity contribution in [3.8, 4) is 0 Å². The van der Waals surface area contributed by atoms with Crippen molar-refractivity contribution in [2.75, 3.05) is 4.90 Å². The van der Waals surface area contributed by atoms with E-state index in [0.717, 1.165) is 21.7 Å². The van der Waals surface area contributed by atoms with Crippen LogP contribution in [0.1, 0.15) is 52.5 Å². The largest absolute Gasteiger partial charge is 0.339 e. The summed E-state index contributed by atoms with van der Waals surface area (Å²) in [6.45, 7) is 2.05. The molecule has 0 bridgehead atoms. The monoisotopic (exact) mass is 430 g/mol. The van der Waals surface area contributed by atoms with E-state index in [1.807, 2.05) is 65.9 Å². The number of thiophene rings is 1. The van der Waals surface area contributed by atoms with E-state index in [9.17, 15) is 4.79 Å². The lowest BCUT2D eigenvalue weighted by atomic mass is 9.87. The fourth-order valence-electron chi connectivity index (χ4n) is 4.12. The maximum Gasteiger partial charge on any atom is 0.232 e. The second-order valence-electron chi connectivity index (χ2n) is 7.79. The first-order valence-electron chi connectivity index (χ1n) is 10.3. The van der Waals surface area contributed by atoms with Gasteiger partial charge in [0.05, 0.1) is 12.0 Å². The number of piperidine rings is 1. The number of carbonyl (C=O) groups is 1. The summed E-state index contributed by atoms with van der Waals surface area (Å²) >= 11 is 1.65. The van der Waals surface area contributed by atoms with Crippen LogP contribution in [0.25, 0.3) is 0 Å². The molecule has 156 valence electrons. The number of carbonyl (C=O) groups excluding carboxylic acids is 1. The molecule has 4 heterocycles.